The van der Waals surface area contributed by atoms with E-state index in [1.54, 1.807) is 12.4 Å². The van der Waals surface area contributed by atoms with Crippen molar-refractivity contribution in [3.05, 3.63) is 46.4 Å². The molecule has 20 heavy (non-hydrogen) atoms. The molecule has 2 aromatic rings. The lowest BCUT2D eigenvalue weighted by atomic mass is 10.1. The molecule has 0 saturated heterocycles. The van der Waals surface area contributed by atoms with E-state index in [1.165, 1.54) is 0 Å². The third-order valence-corrected chi connectivity index (χ3v) is 2.65. The number of nitro groups is 1. The van der Waals surface area contributed by atoms with Crippen LogP contribution in [0, 0.1) is 10.1 Å². The Labute approximate surface area is 114 Å². The van der Waals surface area contributed by atoms with Crippen molar-refractivity contribution in [2.24, 2.45) is 5.84 Å². The fraction of sp³-hybridized carbons (Fsp3) is 0.182. The first-order valence-corrected chi connectivity index (χ1v) is 5.76. The second-order valence-electron chi connectivity index (χ2n) is 3.98. The SMILES string of the molecule is CC(Nc1nc(NN)ncc1[N+](=O)[O-])c1ccncc1. The van der Waals surface area contributed by atoms with Gasteiger partial charge in [-0.3, -0.25) is 20.5 Å². The lowest BCUT2D eigenvalue weighted by Gasteiger charge is -2.14. The zero-order chi connectivity index (χ0) is 14.5. The van der Waals surface area contributed by atoms with E-state index in [0.717, 1.165) is 11.8 Å². The topological polar surface area (TPSA) is 132 Å². The third-order valence-electron chi connectivity index (χ3n) is 2.65. The summed E-state index contributed by atoms with van der Waals surface area (Å²) in [5, 5.41) is 13.9. The quantitative estimate of drug-likeness (QED) is 0.421. The molecule has 0 saturated carbocycles. The minimum atomic E-state index is -0.554. The van der Waals surface area contributed by atoms with Gasteiger partial charge in [0, 0.05) is 12.4 Å². The van der Waals surface area contributed by atoms with Gasteiger partial charge in [-0.15, -0.1) is 0 Å². The average molecular weight is 275 g/mol. The summed E-state index contributed by atoms with van der Waals surface area (Å²) in [5.41, 5.74) is 2.96. The van der Waals surface area contributed by atoms with Crippen molar-refractivity contribution in [1.82, 2.24) is 15.0 Å². The molecule has 0 fully saturated rings. The molecular formula is C11H13N7O2. The number of hydrogen-bond donors (Lipinski definition) is 3. The number of hydrogen-bond acceptors (Lipinski definition) is 8. The molecule has 0 radical (unpaired) electrons. The largest absolute Gasteiger partial charge is 0.358 e. The molecule has 9 heteroatoms. The fourth-order valence-electron chi connectivity index (χ4n) is 1.63. The highest BCUT2D eigenvalue weighted by Crippen LogP contribution is 2.26. The van der Waals surface area contributed by atoms with Gasteiger partial charge in [0.25, 0.3) is 0 Å². The Bertz CT molecular complexity index is 605. The van der Waals surface area contributed by atoms with Gasteiger partial charge in [0.1, 0.15) is 6.20 Å². The molecule has 0 aliphatic carbocycles. The first-order chi connectivity index (χ1) is 9.61. The normalized spacial score (nSPS) is 11.7. The van der Waals surface area contributed by atoms with Crippen LogP contribution in [-0.4, -0.2) is 19.9 Å². The van der Waals surface area contributed by atoms with Crippen LogP contribution in [0.5, 0.6) is 0 Å². The maximum absolute atomic E-state index is 11.0. The van der Waals surface area contributed by atoms with E-state index in [4.69, 9.17) is 5.84 Å². The van der Waals surface area contributed by atoms with E-state index in [2.05, 4.69) is 25.7 Å². The maximum Gasteiger partial charge on any atom is 0.329 e. The van der Waals surface area contributed by atoms with Crippen LogP contribution in [0.4, 0.5) is 17.5 Å². The van der Waals surface area contributed by atoms with Gasteiger partial charge < -0.3 is 5.32 Å². The molecule has 1 atom stereocenters. The molecule has 0 amide bonds. The second-order valence-corrected chi connectivity index (χ2v) is 3.98. The number of nitrogens with one attached hydrogen (secondary N) is 2. The minimum absolute atomic E-state index is 0.0972. The molecule has 1 unspecified atom stereocenters. The van der Waals surface area contributed by atoms with Gasteiger partial charge in [-0.1, -0.05) is 0 Å². The molecule has 0 aromatic carbocycles. The molecule has 0 aliphatic rings. The lowest BCUT2D eigenvalue weighted by molar-refractivity contribution is -0.384. The number of hydrazine groups is 1. The summed E-state index contributed by atoms with van der Waals surface area (Å²) in [6, 6.07) is 3.44. The molecule has 2 rings (SSSR count). The smallest absolute Gasteiger partial charge is 0.329 e. The summed E-state index contributed by atoms with van der Waals surface area (Å²) in [5.74, 6) is 5.40. The number of nitrogens with two attached hydrogens (primary N) is 1. The van der Waals surface area contributed by atoms with Crippen molar-refractivity contribution in [3.63, 3.8) is 0 Å². The zero-order valence-corrected chi connectivity index (χ0v) is 10.6. The predicted octanol–water partition coefficient (Wildman–Crippen LogP) is 1.24. The van der Waals surface area contributed by atoms with E-state index in [9.17, 15) is 10.1 Å². The van der Waals surface area contributed by atoms with Gasteiger partial charge in [-0.25, -0.2) is 10.8 Å². The Hall–Kier alpha value is -2.81. The Morgan fingerprint density at radius 1 is 1.40 bits per heavy atom. The van der Waals surface area contributed by atoms with Crippen molar-refractivity contribution in [1.29, 1.82) is 0 Å². The van der Waals surface area contributed by atoms with Crippen LogP contribution in [0.2, 0.25) is 0 Å². The first kappa shape index (κ1) is 13.6. The van der Waals surface area contributed by atoms with Crippen molar-refractivity contribution < 1.29 is 4.92 Å². The summed E-state index contributed by atoms with van der Waals surface area (Å²) in [6.07, 6.45) is 4.40. The van der Waals surface area contributed by atoms with Crippen LogP contribution in [0.25, 0.3) is 0 Å². The van der Waals surface area contributed by atoms with Crippen LogP contribution in [0.1, 0.15) is 18.5 Å². The van der Waals surface area contributed by atoms with E-state index >= 15 is 0 Å². The van der Waals surface area contributed by atoms with Crippen LogP contribution in [0.3, 0.4) is 0 Å². The maximum atomic E-state index is 11.0. The summed E-state index contributed by atoms with van der Waals surface area (Å²) >= 11 is 0. The molecule has 0 spiro atoms. The highest BCUT2D eigenvalue weighted by Gasteiger charge is 2.19. The number of pyridine rings is 1. The highest BCUT2D eigenvalue weighted by molar-refractivity contribution is 5.57. The molecule has 4 N–H and O–H groups in total. The van der Waals surface area contributed by atoms with Crippen molar-refractivity contribution in [2.75, 3.05) is 10.7 Å². The van der Waals surface area contributed by atoms with E-state index in [-0.39, 0.29) is 23.5 Å². The highest BCUT2D eigenvalue weighted by atomic mass is 16.6. The third kappa shape index (κ3) is 2.95. The van der Waals surface area contributed by atoms with Crippen LogP contribution in [0.15, 0.2) is 30.7 Å². The Kier molecular flexibility index (Phi) is 4.01. The minimum Gasteiger partial charge on any atom is -0.358 e. The van der Waals surface area contributed by atoms with Crippen molar-refractivity contribution >= 4 is 17.5 Å². The Morgan fingerprint density at radius 2 is 2.10 bits per heavy atom. The first-order valence-electron chi connectivity index (χ1n) is 5.76. The fourth-order valence-corrected chi connectivity index (χ4v) is 1.63. The van der Waals surface area contributed by atoms with Gasteiger partial charge >= 0.3 is 5.69 Å². The number of aromatic nitrogens is 3. The van der Waals surface area contributed by atoms with Gasteiger partial charge in [0.2, 0.25) is 11.8 Å². The predicted molar refractivity (Wildman–Crippen MR) is 72.8 cm³/mol. The molecule has 2 heterocycles. The molecule has 0 aliphatic heterocycles. The van der Waals surface area contributed by atoms with E-state index in [0.29, 0.717) is 0 Å². The zero-order valence-electron chi connectivity index (χ0n) is 10.6. The summed E-state index contributed by atoms with van der Waals surface area (Å²) in [4.78, 5) is 22.0. The molecule has 9 nitrogen and oxygen atoms in total. The summed E-state index contributed by atoms with van der Waals surface area (Å²) in [6.45, 7) is 1.86. The Morgan fingerprint density at radius 3 is 2.70 bits per heavy atom. The van der Waals surface area contributed by atoms with Crippen molar-refractivity contribution in [2.45, 2.75) is 13.0 Å². The summed E-state index contributed by atoms with van der Waals surface area (Å²) < 4.78 is 0. The number of nitrogen functional groups attached to an aromatic ring is 1. The second kappa shape index (κ2) is 5.89. The number of anilines is 2. The lowest BCUT2D eigenvalue weighted by Crippen LogP contribution is -2.14. The number of rotatable bonds is 5. The van der Waals surface area contributed by atoms with Crippen LogP contribution >= 0.6 is 0 Å². The van der Waals surface area contributed by atoms with Gasteiger partial charge in [0.15, 0.2) is 0 Å². The van der Waals surface area contributed by atoms with Gasteiger partial charge in [-0.05, 0) is 24.6 Å². The standard InChI is InChI=1S/C11H13N7O2/c1-7(8-2-4-13-5-3-8)15-10-9(18(19)20)6-14-11(16-10)17-12/h2-7H,12H2,1H3,(H2,14,15,16,17). The molecule has 0 bridgehead atoms. The Balaban J connectivity index is 2.29. The van der Waals surface area contributed by atoms with E-state index < -0.39 is 4.92 Å². The van der Waals surface area contributed by atoms with Gasteiger partial charge in [-0.2, -0.15) is 4.98 Å². The van der Waals surface area contributed by atoms with Crippen LogP contribution in [-0.2, 0) is 0 Å². The van der Waals surface area contributed by atoms with Crippen LogP contribution < -0.4 is 16.6 Å². The molecule has 104 valence electrons. The monoisotopic (exact) mass is 275 g/mol. The van der Waals surface area contributed by atoms with Gasteiger partial charge in [0.05, 0.1) is 11.0 Å². The average Bonchev–Trinajstić information content (AvgIpc) is 2.47. The summed E-state index contributed by atoms with van der Waals surface area (Å²) in [7, 11) is 0. The molecule has 2 aromatic heterocycles. The molecular weight excluding hydrogens is 262 g/mol. The van der Waals surface area contributed by atoms with E-state index in [1.807, 2.05) is 19.1 Å². The number of nitrogens with zero attached hydrogens (tertiary/aromatic N) is 4. The van der Waals surface area contributed by atoms with Crippen molar-refractivity contribution in [3.8, 4) is 0 Å².